The van der Waals surface area contributed by atoms with E-state index in [1.54, 1.807) is 0 Å². The molecule has 1 saturated carbocycles. The van der Waals surface area contributed by atoms with Crippen molar-refractivity contribution in [3.05, 3.63) is 0 Å². The van der Waals surface area contributed by atoms with Crippen LogP contribution in [0.2, 0.25) is 0 Å². The minimum absolute atomic E-state index is 0.295. The third kappa shape index (κ3) is 2.43. The lowest BCUT2D eigenvalue weighted by atomic mass is 9.78. The molecule has 0 spiro atoms. The molecule has 16 heavy (non-hydrogen) atoms. The van der Waals surface area contributed by atoms with Gasteiger partial charge in [0, 0.05) is 30.7 Å². The summed E-state index contributed by atoms with van der Waals surface area (Å²) < 4.78 is 0. The van der Waals surface area contributed by atoms with E-state index in [0.29, 0.717) is 5.54 Å². The highest BCUT2D eigenvalue weighted by Gasteiger charge is 2.37. The predicted octanol–water partition coefficient (Wildman–Crippen LogP) is 2.64. The summed E-state index contributed by atoms with van der Waals surface area (Å²) in [5, 5.41) is 3.68. The molecular formula is C14H28N2. The van der Waals surface area contributed by atoms with Crippen molar-refractivity contribution < 1.29 is 0 Å². The van der Waals surface area contributed by atoms with Crippen LogP contribution in [0.15, 0.2) is 0 Å². The zero-order valence-electron chi connectivity index (χ0n) is 11.4. The minimum Gasteiger partial charge on any atom is -0.309 e. The standard InChI is InChI=1S/C14H28N2/c1-5-13-9-15-14(3,4)10-16(13)11(2)12-7-6-8-12/h11-13,15H,5-10H2,1-4H3. The van der Waals surface area contributed by atoms with Crippen LogP contribution >= 0.6 is 0 Å². The topological polar surface area (TPSA) is 15.3 Å². The van der Waals surface area contributed by atoms with E-state index in [4.69, 9.17) is 0 Å². The molecule has 2 unspecified atom stereocenters. The van der Waals surface area contributed by atoms with Crippen LogP contribution in [0, 0.1) is 5.92 Å². The van der Waals surface area contributed by atoms with Crippen LogP contribution in [0.1, 0.15) is 53.4 Å². The Morgan fingerprint density at radius 2 is 2.06 bits per heavy atom. The number of nitrogens with one attached hydrogen (secondary N) is 1. The molecule has 2 rings (SSSR count). The van der Waals surface area contributed by atoms with Crippen molar-refractivity contribution in [3.8, 4) is 0 Å². The summed E-state index contributed by atoms with van der Waals surface area (Å²) in [7, 11) is 0. The van der Waals surface area contributed by atoms with Crippen molar-refractivity contribution in [1.82, 2.24) is 10.2 Å². The summed E-state index contributed by atoms with van der Waals surface area (Å²) >= 11 is 0. The van der Waals surface area contributed by atoms with Crippen molar-refractivity contribution in [2.24, 2.45) is 5.92 Å². The van der Waals surface area contributed by atoms with Crippen molar-refractivity contribution in [1.29, 1.82) is 0 Å². The zero-order chi connectivity index (χ0) is 11.8. The number of hydrogen-bond donors (Lipinski definition) is 1. The van der Waals surface area contributed by atoms with Crippen molar-refractivity contribution >= 4 is 0 Å². The molecule has 2 nitrogen and oxygen atoms in total. The Hall–Kier alpha value is -0.0800. The van der Waals surface area contributed by atoms with Gasteiger partial charge >= 0.3 is 0 Å². The van der Waals surface area contributed by atoms with Crippen LogP contribution in [-0.4, -0.2) is 35.6 Å². The lowest BCUT2D eigenvalue weighted by Gasteiger charge is -2.50. The third-order valence-electron chi connectivity index (χ3n) is 4.69. The second-order valence-corrected chi connectivity index (χ2v) is 6.43. The van der Waals surface area contributed by atoms with Crippen molar-refractivity contribution in [2.45, 2.75) is 71.0 Å². The highest BCUT2D eigenvalue weighted by Crippen LogP contribution is 2.34. The number of nitrogens with zero attached hydrogens (tertiary/aromatic N) is 1. The van der Waals surface area contributed by atoms with Gasteiger partial charge in [0.2, 0.25) is 0 Å². The zero-order valence-corrected chi connectivity index (χ0v) is 11.4. The van der Waals surface area contributed by atoms with Gasteiger partial charge in [0.15, 0.2) is 0 Å². The number of hydrogen-bond acceptors (Lipinski definition) is 2. The molecule has 1 aliphatic carbocycles. The Bertz CT molecular complexity index is 233. The number of rotatable bonds is 3. The summed E-state index contributed by atoms with van der Waals surface area (Å²) in [5.41, 5.74) is 0.295. The normalized spacial score (nSPS) is 33.4. The molecule has 0 amide bonds. The van der Waals surface area contributed by atoms with Gasteiger partial charge in [-0.15, -0.1) is 0 Å². The maximum Gasteiger partial charge on any atom is 0.0253 e. The first-order valence-corrected chi connectivity index (χ1v) is 7.04. The molecule has 2 atom stereocenters. The fourth-order valence-electron chi connectivity index (χ4n) is 3.20. The smallest absolute Gasteiger partial charge is 0.0253 e. The number of piperazine rings is 1. The summed E-state index contributed by atoms with van der Waals surface area (Å²) in [6, 6.07) is 1.55. The van der Waals surface area contributed by atoms with Crippen LogP contribution in [0.3, 0.4) is 0 Å². The van der Waals surface area contributed by atoms with E-state index < -0.39 is 0 Å². The van der Waals surface area contributed by atoms with Gasteiger partial charge in [-0.2, -0.15) is 0 Å². The molecule has 1 aliphatic heterocycles. The molecule has 0 radical (unpaired) electrons. The van der Waals surface area contributed by atoms with Gasteiger partial charge in [-0.05, 0) is 46.0 Å². The lowest BCUT2D eigenvalue weighted by Crippen LogP contribution is -2.64. The summed E-state index contributed by atoms with van der Waals surface area (Å²) in [4.78, 5) is 2.78. The van der Waals surface area contributed by atoms with Crippen molar-refractivity contribution in [3.63, 3.8) is 0 Å². The van der Waals surface area contributed by atoms with Gasteiger partial charge in [-0.25, -0.2) is 0 Å². The first-order chi connectivity index (χ1) is 7.53. The molecule has 94 valence electrons. The molecule has 0 aromatic heterocycles. The first kappa shape index (κ1) is 12.4. The fourth-order valence-corrected chi connectivity index (χ4v) is 3.20. The van der Waals surface area contributed by atoms with Crippen LogP contribution in [0.5, 0.6) is 0 Å². The van der Waals surface area contributed by atoms with Gasteiger partial charge in [0.1, 0.15) is 0 Å². The highest BCUT2D eigenvalue weighted by atomic mass is 15.3. The monoisotopic (exact) mass is 224 g/mol. The van der Waals surface area contributed by atoms with Crippen LogP contribution in [-0.2, 0) is 0 Å². The molecular weight excluding hydrogens is 196 g/mol. The van der Waals surface area contributed by atoms with Gasteiger partial charge in [0.25, 0.3) is 0 Å². The van der Waals surface area contributed by atoms with Gasteiger partial charge < -0.3 is 5.32 Å². The molecule has 2 fully saturated rings. The predicted molar refractivity (Wildman–Crippen MR) is 69.7 cm³/mol. The van der Waals surface area contributed by atoms with Gasteiger partial charge in [-0.3, -0.25) is 4.90 Å². The van der Waals surface area contributed by atoms with Gasteiger partial charge in [0.05, 0.1) is 0 Å². The Balaban J connectivity index is 2.01. The van der Waals surface area contributed by atoms with Gasteiger partial charge in [-0.1, -0.05) is 13.3 Å². The maximum atomic E-state index is 3.68. The largest absolute Gasteiger partial charge is 0.309 e. The molecule has 0 bridgehead atoms. The van der Waals surface area contributed by atoms with E-state index in [-0.39, 0.29) is 0 Å². The third-order valence-corrected chi connectivity index (χ3v) is 4.69. The second kappa shape index (κ2) is 4.66. The molecule has 0 aromatic carbocycles. The average Bonchev–Trinajstić information content (AvgIpc) is 2.13. The lowest BCUT2D eigenvalue weighted by molar-refractivity contribution is 0.0161. The van der Waals surface area contributed by atoms with E-state index in [2.05, 4.69) is 37.9 Å². The summed E-state index contributed by atoms with van der Waals surface area (Å²) in [6.45, 7) is 11.8. The second-order valence-electron chi connectivity index (χ2n) is 6.43. The average molecular weight is 224 g/mol. The summed E-state index contributed by atoms with van der Waals surface area (Å²) in [6.07, 6.45) is 5.66. The first-order valence-electron chi connectivity index (χ1n) is 7.04. The van der Waals surface area contributed by atoms with E-state index in [1.165, 1.54) is 38.8 Å². The highest BCUT2D eigenvalue weighted by molar-refractivity contribution is 4.96. The summed E-state index contributed by atoms with van der Waals surface area (Å²) in [5.74, 6) is 0.975. The minimum atomic E-state index is 0.295. The molecule has 1 saturated heterocycles. The maximum absolute atomic E-state index is 3.68. The molecule has 1 heterocycles. The van der Waals surface area contributed by atoms with E-state index in [0.717, 1.165) is 18.0 Å². The van der Waals surface area contributed by atoms with E-state index >= 15 is 0 Å². The van der Waals surface area contributed by atoms with Crippen LogP contribution in [0.4, 0.5) is 0 Å². The molecule has 2 heteroatoms. The van der Waals surface area contributed by atoms with Crippen LogP contribution in [0.25, 0.3) is 0 Å². The molecule has 0 aromatic rings. The fraction of sp³-hybridized carbons (Fsp3) is 1.00. The Kier molecular flexibility index (Phi) is 3.60. The van der Waals surface area contributed by atoms with E-state index in [9.17, 15) is 0 Å². The Morgan fingerprint density at radius 3 is 2.56 bits per heavy atom. The Morgan fingerprint density at radius 1 is 1.38 bits per heavy atom. The Labute approximate surface area is 101 Å². The van der Waals surface area contributed by atoms with E-state index in [1.807, 2.05) is 0 Å². The quantitative estimate of drug-likeness (QED) is 0.793. The SMILES string of the molecule is CCC1CNC(C)(C)CN1C(C)C1CCC1. The molecule has 1 N–H and O–H groups in total. The molecule has 2 aliphatic rings. The van der Waals surface area contributed by atoms with Crippen LogP contribution < -0.4 is 5.32 Å². The van der Waals surface area contributed by atoms with Crippen molar-refractivity contribution in [2.75, 3.05) is 13.1 Å².